The largest absolute Gasteiger partial charge is 1.00 e. The van der Waals surface area contributed by atoms with E-state index in [0.29, 0.717) is 0 Å². The van der Waals surface area contributed by atoms with Crippen molar-refractivity contribution in [2.75, 3.05) is 5.75 Å². The number of thiol groups is 2. The first-order valence-corrected chi connectivity index (χ1v) is 7.47. The van der Waals surface area contributed by atoms with Crippen LogP contribution < -0.4 is 29.6 Å². The van der Waals surface area contributed by atoms with Crippen LogP contribution in [0.2, 0.25) is 0 Å². The fourth-order valence-corrected chi connectivity index (χ4v) is 4.65. The van der Waals surface area contributed by atoms with E-state index in [4.69, 9.17) is 9.11 Å². The average molecular weight is 306 g/mol. The van der Waals surface area contributed by atoms with Crippen LogP contribution in [0.3, 0.4) is 0 Å². The summed E-state index contributed by atoms with van der Waals surface area (Å²) in [5.74, 6) is 0.176. The summed E-state index contributed by atoms with van der Waals surface area (Å²) in [6.45, 7) is 0. The van der Waals surface area contributed by atoms with E-state index in [9.17, 15) is 16.8 Å². The third kappa shape index (κ3) is 6.74. The fourth-order valence-electron chi connectivity index (χ4n) is 0.819. The minimum Gasteiger partial charge on any atom is -1.00 e. The summed E-state index contributed by atoms with van der Waals surface area (Å²) in [7, 11) is -9.78. The molecule has 0 aromatic heterocycles. The van der Waals surface area contributed by atoms with Gasteiger partial charge in [-0.05, 0) is 12.2 Å². The molecule has 1 atom stereocenters. The Labute approximate surface area is 123 Å². The molecule has 88 valence electrons. The maximum atomic E-state index is 10.6. The van der Waals surface area contributed by atoms with Crippen LogP contribution in [0.25, 0.3) is 0 Å². The van der Waals surface area contributed by atoms with E-state index in [0.717, 1.165) is 0 Å². The molecular formula is C4H11NaO6S4. The Hall–Kier alpha value is 1.52. The summed E-state index contributed by atoms with van der Waals surface area (Å²) in [6, 6.07) is 0. The molecule has 0 amide bonds. The minimum absolute atomic E-state index is 0. The molecule has 0 bridgehead atoms. The van der Waals surface area contributed by atoms with Gasteiger partial charge in [0.2, 0.25) is 4.58 Å². The van der Waals surface area contributed by atoms with Crippen LogP contribution in [0.15, 0.2) is 0 Å². The molecule has 0 saturated heterocycles. The van der Waals surface area contributed by atoms with E-state index in [1.165, 1.54) is 0 Å². The Kier molecular flexibility index (Phi) is 8.89. The average Bonchev–Trinajstić information content (AvgIpc) is 1.78. The molecule has 11 heteroatoms. The summed E-state index contributed by atoms with van der Waals surface area (Å²) in [4.78, 5) is 0. The second-order valence-corrected chi connectivity index (χ2v) is 6.96. The van der Waals surface area contributed by atoms with Crippen LogP contribution in [-0.2, 0) is 20.2 Å². The summed E-state index contributed by atoms with van der Waals surface area (Å²) >= 11 is 7.41. The van der Waals surface area contributed by atoms with Crippen LogP contribution in [0, 0.1) is 0 Å². The van der Waals surface area contributed by atoms with Crippen LogP contribution in [-0.4, -0.2) is 41.5 Å². The first-order chi connectivity index (χ1) is 6.10. The van der Waals surface area contributed by atoms with Gasteiger partial charge in [-0.1, -0.05) is 0 Å². The third-order valence-corrected chi connectivity index (χ3v) is 5.83. The van der Waals surface area contributed by atoms with Crippen LogP contribution in [0.4, 0.5) is 0 Å². The monoisotopic (exact) mass is 306 g/mol. The molecule has 0 radical (unpaired) electrons. The van der Waals surface area contributed by atoms with E-state index in [1.807, 2.05) is 0 Å². The second kappa shape index (κ2) is 7.07. The van der Waals surface area contributed by atoms with Gasteiger partial charge in [0, 0.05) is 5.25 Å². The Morgan fingerprint density at radius 1 is 1.13 bits per heavy atom. The van der Waals surface area contributed by atoms with Gasteiger partial charge >= 0.3 is 29.6 Å². The standard InChI is InChI=1S/C4H10O6S4.Na.H/c5-13(6,7)4(14(8,9)10)3(12)1-2-11;;/h3-4,11-12H,1-2H2,(H,5,6,7)(H,8,9,10);;/q;+1;-1. The SMILES string of the molecule is O=S(=O)(O)C(C(S)CCS)S(=O)(=O)O.[H-].[Na+]. The minimum atomic E-state index is -4.89. The summed E-state index contributed by atoms with van der Waals surface area (Å²) in [6.07, 6.45) is 0.0104. The van der Waals surface area contributed by atoms with E-state index in [1.54, 1.807) is 0 Å². The predicted molar refractivity (Wildman–Crippen MR) is 59.2 cm³/mol. The molecule has 0 saturated carbocycles. The fraction of sp³-hybridized carbons (Fsp3) is 1.00. The molecule has 0 aromatic rings. The quantitative estimate of drug-likeness (QED) is 0.242. The number of hydrogen-bond acceptors (Lipinski definition) is 6. The zero-order valence-corrected chi connectivity index (χ0v) is 13.2. The Morgan fingerprint density at radius 3 is 1.67 bits per heavy atom. The third-order valence-electron chi connectivity index (χ3n) is 1.33. The van der Waals surface area contributed by atoms with E-state index >= 15 is 0 Å². The summed E-state index contributed by atoms with van der Waals surface area (Å²) in [5, 5.41) is -1.22. The van der Waals surface area contributed by atoms with Crippen molar-refractivity contribution in [1.82, 2.24) is 0 Å². The topological polar surface area (TPSA) is 109 Å². The van der Waals surface area contributed by atoms with Crippen molar-refractivity contribution in [1.29, 1.82) is 0 Å². The van der Waals surface area contributed by atoms with Crippen molar-refractivity contribution in [3.63, 3.8) is 0 Å². The zero-order valence-electron chi connectivity index (χ0n) is 8.81. The first kappa shape index (κ1) is 18.9. The van der Waals surface area contributed by atoms with Crippen molar-refractivity contribution in [3.8, 4) is 0 Å². The van der Waals surface area contributed by atoms with E-state index in [2.05, 4.69) is 25.3 Å². The summed E-state index contributed by atoms with van der Waals surface area (Å²) < 4.78 is 57.4. The summed E-state index contributed by atoms with van der Waals surface area (Å²) in [5.41, 5.74) is 0. The van der Waals surface area contributed by atoms with Crippen molar-refractivity contribution in [2.24, 2.45) is 0 Å². The van der Waals surface area contributed by atoms with Gasteiger partial charge in [-0.3, -0.25) is 9.11 Å². The van der Waals surface area contributed by atoms with E-state index < -0.39 is 30.1 Å². The molecule has 15 heavy (non-hydrogen) atoms. The molecule has 0 aliphatic carbocycles. The van der Waals surface area contributed by atoms with Crippen molar-refractivity contribution in [2.45, 2.75) is 16.3 Å². The Balaban J connectivity index is -0.000000845. The molecule has 0 aliphatic rings. The number of rotatable bonds is 5. The van der Waals surface area contributed by atoms with Crippen molar-refractivity contribution in [3.05, 3.63) is 0 Å². The van der Waals surface area contributed by atoms with Crippen LogP contribution in [0.1, 0.15) is 7.85 Å². The zero-order chi connectivity index (χ0) is 11.6. The predicted octanol–water partition coefficient (Wildman–Crippen LogP) is -3.18. The molecule has 0 fully saturated rings. The molecule has 6 nitrogen and oxygen atoms in total. The second-order valence-electron chi connectivity index (χ2n) is 2.48. The molecule has 0 rings (SSSR count). The number of hydrogen-bond donors (Lipinski definition) is 4. The van der Waals surface area contributed by atoms with Crippen LogP contribution in [0.5, 0.6) is 0 Å². The maximum Gasteiger partial charge on any atom is 1.00 e. The van der Waals surface area contributed by atoms with Gasteiger partial charge in [0.25, 0.3) is 20.2 Å². The van der Waals surface area contributed by atoms with Gasteiger partial charge in [0.15, 0.2) is 0 Å². The first-order valence-electron chi connectivity index (χ1n) is 3.32. The van der Waals surface area contributed by atoms with Gasteiger partial charge in [-0.15, -0.1) is 0 Å². The van der Waals surface area contributed by atoms with Gasteiger partial charge < -0.3 is 1.43 Å². The maximum absolute atomic E-state index is 10.6. The molecule has 2 N–H and O–H groups in total. The Bertz CT molecular complexity index is 347. The van der Waals surface area contributed by atoms with E-state index in [-0.39, 0.29) is 43.2 Å². The van der Waals surface area contributed by atoms with Gasteiger partial charge in [-0.2, -0.15) is 42.1 Å². The molecule has 1 unspecified atom stereocenters. The molecule has 0 heterocycles. The van der Waals surface area contributed by atoms with Gasteiger partial charge in [0.05, 0.1) is 0 Å². The molecule has 0 spiro atoms. The molecular weight excluding hydrogens is 295 g/mol. The Morgan fingerprint density at radius 2 is 1.47 bits per heavy atom. The molecule has 0 aliphatic heterocycles. The molecule has 0 aromatic carbocycles. The van der Waals surface area contributed by atoms with Crippen molar-refractivity contribution >= 4 is 45.5 Å². The smallest absolute Gasteiger partial charge is 1.00 e. The van der Waals surface area contributed by atoms with Gasteiger partial charge in [0.1, 0.15) is 0 Å². The van der Waals surface area contributed by atoms with Crippen LogP contribution >= 0.6 is 25.3 Å². The normalized spacial score (nSPS) is 14.7. The van der Waals surface area contributed by atoms with Gasteiger partial charge in [-0.25, -0.2) is 0 Å². The van der Waals surface area contributed by atoms with Crippen molar-refractivity contribution < 1.29 is 56.9 Å².